The van der Waals surface area contributed by atoms with Gasteiger partial charge in [-0.3, -0.25) is 15.3 Å². The van der Waals surface area contributed by atoms with Crippen LogP contribution in [0.1, 0.15) is 16.4 Å². The highest BCUT2D eigenvalue weighted by molar-refractivity contribution is 7.90. The smallest absolute Gasteiger partial charge is 0.262 e. The van der Waals surface area contributed by atoms with Gasteiger partial charge in [0.2, 0.25) is 15.9 Å². The largest absolute Gasteiger partial charge is 0.369 e. The Morgan fingerprint density at radius 1 is 1.33 bits per heavy atom. The number of nitrogens with two attached hydrogens (primary N) is 2. The molecule has 7 nitrogen and oxygen atoms in total. The van der Waals surface area contributed by atoms with Crippen molar-refractivity contribution in [3.05, 3.63) is 35.4 Å². The van der Waals surface area contributed by atoms with Crippen molar-refractivity contribution in [1.29, 1.82) is 0 Å². The van der Waals surface area contributed by atoms with Gasteiger partial charge >= 0.3 is 0 Å². The number of nitrogens with one attached hydrogen (secondary N) is 1. The van der Waals surface area contributed by atoms with Crippen LogP contribution in [-0.2, 0) is 26.0 Å². The van der Waals surface area contributed by atoms with Crippen LogP contribution < -0.4 is 16.6 Å². The van der Waals surface area contributed by atoms with Crippen molar-refractivity contribution < 1.29 is 18.0 Å². The van der Waals surface area contributed by atoms with E-state index in [-0.39, 0.29) is 12.0 Å². The first-order chi connectivity index (χ1) is 8.21. The summed E-state index contributed by atoms with van der Waals surface area (Å²) in [7, 11) is -4.22. The number of primary amides is 1. The van der Waals surface area contributed by atoms with Gasteiger partial charge < -0.3 is 5.73 Å². The van der Waals surface area contributed by atoms with Crippen molar-refractivity contribution in [1.82, 2.24) is 5.73 Å². The number of sulfonamides is 1. The zero-order valence-corrected chi connectivity index (χ0v) is 10.1. The van der Waals surface area contributed by atoms with Crippen molar-refractivity contribution in [2.24, 2.45) is 10.9 Å². The highest BCUT2D eigenvalue weighted by atomic mass is 32.2. The highest BCUT2D eigenvalue weighted by Gasteiger charge is 2.30. The standard InChI is InChI=1S/C10H12N3O4S/c11-8(14)5-6-2-1-3-7(4-6)9(10(12)15)18(13,16)17/h1-4,9,12H,5H2,(H2,11,14)(H2,13,16,17). The van der Waals surface area contributed by atoms with Crippen LogP contribution in [0.4, 0.5) is 0 Å². The molecule has 0 aliphatic rings. The van der Waals surface area contributed by atoms with E-state index in [0.29, 0.717) is 5.56 Å². The van der Waals surface area contributed by atoms with E-state index >= 15 is 0 Å². The van der Waals surface area contributed by atoms with Gasteiger partial charge in [0, 0.05) is 0 Å². The molecule has 1 rings (SSSR count). The maximum atomic E-state index is 11.3. The van der Waals surface area contributed by atoms with E-state index in [4.69, 9.17) is 16.6 Å². The number of amides is 2. The summed E-state index contributed by atoms with van der Waals surface area (Å²) in [6.07, 6.45) is -0.0859. The molecule has 1 atom stereocenters. The van der Waals surface area contributed by atoms with E-state index < -0.39 is 27.1 Å². The first-order valence-electron chi connectivity index (χ1n) is 4.86. The second-order valence-corrected chi connectivity index (χ2v) is 5.37. The molecule has 1 aromatic carbocycles. The fourth-order valence-electron chi connectivity index (χ4n) is 1.56. The molecule has 0 saturated heterocycles. The Hall–Kier alpha value is -1.93. The summed E-state index contributed by atoms with van der Waals surface area (Å²) in [5.74, 6) is -1.91. The summed E-state index contributed by atoms with van der Waals surface area (Å²) in [5, 5.41) is 3.16. The molecule has 0 heterocycles. The third-order valence-corrected chi connectivity index (χ3v) is 3.34. The predicted octanol–water partition coefficient (Wildman–Crippen LogP) is -1.15. The fraction of sp³-hybridized carbons (Fsp3) is 0.200. The van der Waals surface area contributed by atoms with Crippen molar-refractivity contribution >= 4 is 21.8 Å². The van der Waals surface area contributed by atoms with Gasteiger partial charge in [-0.2, -0.15) is 0 Å². The number of rotatable bonds is 5. The Labute approximate surface area is 104 Å². The molecular formula is C10H12N3O4S. The average Bonchev–Trinajstić information content (AvgIpc) is 2.13. The lowest BCUT2D eigenvalue weighted by molar-refractivity contribution is -0.118. The van der Waals surface area contributed by atoms with Crippen LogP contribution in [0.3, 0.4) is 0 Å². The molecule has 1 aromatic rings. The van der Waals surface area contributed by atoms with E-state index in [0.717, 1.165) is 0 Å². The van der Waals surface area contributed by atoms with Crippen LogP contribution in [0.15, 0.2) is 24.3 Å². The summed E-state index contributed by atoms with van der Waals surface area (Å²) in [6, 6.07) is 5.70. The van der Waals surface area contributed by atoms with E-state index in [1.54, 1.807) is 6.07 Å². The average molecular weight is 270 g/mol. The van der Waals surface area contributed by atoms with Gasteiger partial charge in [-0.25, -0.2) is 13.6 Å². The molecule has 0 aromatic heterocycles. The molecule has 0 saturated carbocycles. The summed E-state index contributed by atoms with van der Waals surface area (Å²) >= 11 is 0. The van der Waals surface area contributed by atoms with Crippen molar-refractivity contribution in [3.63, 3.8) is 0 Å². The van der Waals surface area contributed by atoms with Crippen LogP contribution >= 0.6 is 0 Å². The summed E-state index contributed by atoms with van der Waals surface area (Å²) in [6.45, 7) is 0. The molecule has 1 radical (unpaired) electrons. The molecule has 0 aliphatic carbocycles. The van der Waals surface area contributed by atoms with Crippen LogP contribution in [0.25, 0.3) is 0 Å². The van der Waals surface area contributed by atoms with Crippen molar-refractivity contribution in [2.75, 3.05) is 0 Å². The second-order valence-electron chi connectivity index (χ2n) is 3.72. The fourth-order valence-corrected chi connectivity index (χ4v) is 2.38. The third kappa shape index (κ3) is 3.54. The zero-order valence-electron chi connectivity index (χ0n) is 9.29. The number of hydrogen-bond donors (Lipinski definition) is 2. The molecule has 0 spiro atoms. The monoisotopic (exact) mass is 270 g/mol. The molecule has 1 unspecified atom stereocenters. The van der Waals surface area contributed by atoms with E-state index in [1.165, 1.54) is 18.2 Å². The lowest BCUT2D eigenvalue weighted by Crippen LogP contribution is -2.29. The zero-order chi connectivity index (χ0) is 13.9. The van der Waals surface area contributed by atoms with Crippen LogP contribution in [0.2, 0.25) is 0 Å². The minimum atomic E-state index is -4.22. The molecule has 8 heteroatoms. The number of hydrogen-bond acceptors (Lipinski definition) is 4. The first-order valence-corrected chi connectivity index (χ1v) is 6.47. The van der Waals surface area contributed by atoms with Gasteiger partial charge in [-0.1, -0.05) is 24.3 Å². The number of benzene rings is 1. The molecular weight excluding hydrogens is 258 g/mol. The maximum Gasteiger partial charge on any atom is 0.262 e. The molecule has 18 heavy (non-hydrogen) atoms. The van der Waals surface area contributed by atoms with Crippen molar-refractivity contribution in [3.8, 4) is 0 Å². The Kier molecular flexibility index (Phi) is 4.04. The highest BCUT2D eigenvalue weighted by Crippen LogP contribution is 2.21. The first kappa shape index (κ1) is 14.1. The van der Waals surface area contributed by atoms with Crippen LogP contribution in [0.5, 0.6) is 0 Å². The summed E-state index contributed by atoms with van der Waals surface area (Å²) in [4.78, 5) is 21.8. The molecule has 0 fully saturated rings. The second kappa shape index (κ2) is 5.15. The Morgan fingerprint density at radius 3 is 2.39 bits per heavy atom. The Morgan fingerprint density at radius 2 is 1.94 bits per heavy atom. The predicted molar refractivity (Wildman–Crippen MR) is 63.3 cm³/mol. The molecule has 0 aliphatic heterocycles. The van der Waals surface area contributed by atoms with Gasteiger partial charge in [0.15, 0.2) is 5.25 Å². The number of carbonyl (C=O) groups excluding carboxylic acids is 2. The minimum absolute atomic E-state index is 0.0521. The molecule has 2 amide bonds. The van der Waals surface area contributed by atoms with Crippen LogP contribution in [-0.4, -0.2) is 20.2 Å². The minimum Gasteiger partial charge on any atom is -0.369 e. The molecule has 0 bridgehead atoms. The lowest BCUT2D eigenvalue weighted by Gasteiger charge is -2.11. The third-order valence-electron chi connectivity index (χ3n) is 2.20. The van der Waals surface area contributed by atoms with Crippen molar-refractivity contribution in [2.45, 2.75) is 11.7 Å². The molecule has 97 valence electrons. The van der Waals surface area contributed by atoms with E-state index in [9.17, 15) is 18.0 Å². The normalized spacial score (nSPS) is 12.9. The van der Waals surface area contributed by atoms with Gasteiger partial charge in [-0.05, 0) is 11.1 Å². The van der Waals surface area contributed by atoms with Gasteiger partial charge in [0.25, 0.3) is 5.91 Å². The Bertz CT molecular complexity index is 583. The maximum absolute atomic E-state index is 11.3. The van der Waals surface area contributed by atoms with Gasteiger partial charge in [0.1, 0.15) is 0 Å². The summed E-state index contributed by atoms with van der Waals surface area (Å²) < 4.78 is 22.5. The van der Waals surface area contributed by atoms with E-state index in [2.05, 4.69) is 0 Å². The summed E-state index contributed by atoms with van der Waals surface area (Å²) in [5.41, 5.74) is 12.5. The number of primary sulfonamides is 1. The van der Waals surface area contributed by atoms with Gasteiger partial charge in [-0.15, -0.1) is 0 Å². The van der Waals surface area contributed by atoms with E-state index in [1.807, 2.05) is 0 Å². The topological polar surface area (TPSA) is 144 Å². The Balaban J connectivity index is 3.22. The molecule has 5 N–H and O–H groups in total. The quantitative estimate of drug-likeness (QED) is 0.696. The SMILES string of the molecule is [NH]C(=O)C(c1cccc(CC(N)=O)c1)S(N)(=O)=O. The lowest BCUT2D eigenvalue weighted by atomic mass is 10.1. The van der Waals surface area contributed by atoms with Gasteiger partial charge in [0.05, 0.1) is 6.42 Å². The van der Waals surface area contributed by atoms with Crippen LogP contribution in [0, 0.1) is 0 Å². The number of carbonyl (C=O) groups is 2.